The van der Waals surface area contributed by atoms with Crippen molar-refractivity contribution < 1.29 is 4.42 Å². The van der Waals surface area contributed by atoms with Crippen molar-refractivity contribution in [2.45, 2.75) is 0 Å². The molecular formula is C37H21N3O. The average molecular weight is 524 g/mol. The van der Waals surface area contributed by atoms with Crippen LogP contribution in [0.15, 0.2) is 132 Å². The second kappa shape index (κ2) is 8.11. The Morgan fingerprint density at radius 1 is 0.488 bits per heavy atom. The van der Waals surface area contributed by atoms with E-state index in [0.717, 1.165) is 66.2 Å². The molecule has 0 atom stereocenters. The molecule has 3 heterocycles. The molecule has 0 saturated heterocycles. The van der Waals surface area contributed by atoms with Gasteiger partial charge in [0.25, 0.3) is 0 Å². The Balaban J connectivity index is 1.33. The van der Waals surface area contributed by atoms with Crippen LogP contribution >= 0.6 is 0 Å². The fourth-order valence-corrected chi connectivity index (χ4v) is 6.58. The van der Waals surface area contributed by atoms with Crippen LogP contribution in [0.3, 0.4) is 0 Å². The number of rotatable bonds is 2. The molecule has 6 aromatic carbocycles. The first-order chi connectivity index (χ1) is 20.3. The number of benzene rings is 6. The van der Waals surface area contributed by atoms with E-state index < -0.39 is 0 Å². The van der Waals surface area contributed by atoms with Gasteiger partial charge < -0.3 is 13.6 Å². The number of aromatic nitrogens is 2. The molecule has 0 amide bonds. The van der Waals surface area contributed by atoms with Gasteiger partial charge in [0.05, 0.1) is 34.3 Å². The highest BCUT2D eigenvalue weighted by Crippen LogP contribution is 2.40. The summed E-state index contributed by atoms with van der Waals surface area (Å²) in [4.78, 5) is 3.67. The fourth-order valence-electron chi connectivity index (χ4n) is 6.58. The zero-order valence-corrected chi connectivity index (χ0v) is 21.9. The van der Waals surface area contributed by atoms with E-state index in [-0.39, 0.29) is 0 Å². The molecule has 41 heavy (non-hydrogen) atoms. The lowest BCUT2D eigenvalue weighted by Gasteiger charge is -2.08. The minimum absolute atomic E-state index is 0.647. The first-order valence-electron chi connectivity index (χ1n) is 13.6. The Kier molecular flexibility index (Phi) is 4.37. The van der Waals surface area contributed by atoms with Gasteiger partial charge in [-0.2, -0.15) is 0 Å². The lowest BCUT2D eigenvalue weighted by Crippen LogP contribution is -1.94. The lowest BCUT2D eigenvalue weighted by molar-refractivity contribution is 0.666. The lowest BCUT2D eigenvalue weighted by atomic mass is 10.1. The van der Waals surface area contributed by atoms with Crippen LogP contribution in [0.5, 0.6) is 0 Å². The van der Waals surface area contributed by atoms with Crippen LogP contribution in [0.4, 0.5) is 5.69 Å². The van der Waals surface area contributed by atoms with E-state index in [1.165, 1.54) is 10.8 Å². The smallest absolute Gasteiger partial charge is 0.188 e. The SMILES string of the molecule is [C-]#[N+]c1ccc2c(c1)c1ccccc1n2-c1ccc2oc3c(-n4c5ccccc5c5ccccc54)cccc3c2c1. The average Bonchev–Trinajstić information content (AvgIpc) is 3.68. The highest BCUT2D eigenvalue weighted by Gasteiger charge is 2.19. The summed E-state index contributed by atoms with van der Waals surface area (Å²) in [5.41, 5.74) is 8.97. The monoisotopic (exact) mass is 523 g/mol. The van der Waals surface area contributed by atoms with Gasteiger partial charge in [-0.15, -0.1) is 0 Å². The maximum absolute atomic E-state index is 7.51. The first kappa shape index (κ1) is 22.1. The minimum atomic E-state index is 0.647. The van der Waals surface area contributed by atoms with Gasteiger partial charge in [0.1, 0.15) is 5.58 Å². The highest BCUT2D eigenvalue weighted by molar-refractivity contribution is 6.14. The molecule has 0 saturated carbocycles. The largest absolute Gasteiger partial charge is 0.454 e. The van der Waals surface area contributed by atoms with Crippen LogP contribution in [-0.2, 0) is 0 Å². The summed E-state index contributed by atoms with van der Waals surface area (Å²) in [6.45, 7) is 7.51. The van der Waals surface area contributed by atoms with E-state index in [1.807, 2.05) is 12.1 Å². The Bertz CT molecular complexity index is 2500. The summed E-state index contributed by atoms with van der Waals surface area (Å²) in [7, 11) is 0. The molecule has 0 aliphatic rings. The summed E-state index contributed by atoms with van der Waals surface area (Å²) in [5.74, 6) is 0. The zero-order chi connectivity index (χ0) is 27.1. The summed E-state index contributed by atoms with van der Waals surface area (Å²) in [5, 5.41) is 6.83. The second-order valence-corrected chi connectivity index (χ2v) is 10.5. The topological polar surface area (TPSA) is 27.4 Å². The molecule has 9 rings (SSSR count). The van der Waals surface area contributed by atoms with Crippen molar-refractivity contribution in [1.82, 2.24) is 9.13 Å². The third kappa shape index (κ3) is 2.98. The standard InChI is InChI=1S/C37H21N3O/c1-38-23-17-19-34-29(21-23)27-11-4-5-13-31(27)39(34)24-18-20-36-30(22-24)28-12-8-16-35(37(28)41-36)40-32-14-6-2-9-25(32)26-10-3-7-15-33(26)40/h2-22H. The molecule has 0 radical (unpaired) electrons. The Morgan fingerprint density at radius 3 is 1.80 bits per heavy atom. The normalized spacial score (nSPS) is 11.9. The van der Waals surface area contributed by atoms with Gasteiger partial charge in [0, 0.05) is 32.6 Å². The molecule has 0 bridgehead atoms. The van der Waals surface area contributed by atoms with E-state index in [4.69, 9.17) is 11.0 Å². The van der Waals surface area contributed by atoms with Crippen molar-refractivity contribution >= 4 is 71.2 Å². The Hall–Kier alpha value is -5.79. The van der Waals surface area contributed by atoms with Crippen molar-refractivity contribution in [3.8, 4) is 11.4 Å². The van der Waals surface area contributed by atoms with E-state index in [0.29, 0.717) is 5.69 Å². The van der Waals surface area contributed by atoms with Crippen molar-refractivity contribution in [2.75, 3.05) is 0 Å². The van der Waals surface area contributed by atoms with Crippen LogP contribution in [0.2, 0.25) is 0 Å². The van der Waals surface area contributed by atoms with Gasteiger partial charge in [-0.3, -0.25) is 0 Å². The van der Waals surface area contributed by atoms with Gasteiger partial charge >= 0.3 is 0 Å². The second-order valence-electron chi connectivity index (χ2n) is 10.5. The van der Waals surface area contributed by atoms with E-state index >= 15 is 0 Å². The maximum atomic E-state index is 7.51. The molecule has 0 unspecified atom stereocenters. The Morgan fingerprint density at radius 2 is 1.10 bits per heavy atom. The van der Waals surface area contributed by atoms with Crippen molar-refractivity contribution in [3.63, 3.8) is 0 Å². The summed E-state index contributed by atoms with van der Waals surface area (Å²) in [6, 6.07) is 44.3. The molecule has 0 aliphatic carbocycles. The number of hydrogen-bond donors (Lipinski definition) is 0. The van der Waals surface area contributed by atoms with Crippen LogP contribution in [0.1, 0.15) is 0 Å². The van der Waals surface area contributed by atoms with Crippen LogP contribution in [-0.4, -0.2) is 9.13 Å². The van der Waals surface area contributed by atoms with Crippen molar-refractivity contribution in [2.24, 2.45) is 0 Å². The predicted molar refractivity (Wildman–Crippen MR) is 169 cm³/mol. The summed E-state index contributed by atoms with van der Waals surface area (Å²) >= 11 is 0. The molecule has 0 aliphatic heterocycles. The number of furan rings is 1. The van der Waals surface area contributed by atoms with Crippen LogP contribution in [0, 0.1) is 6.57 Å². The Labute approximate surface area is 234 Å². The fraction of sp³-hybridized carbons (Fsp3) is 0. The van der Waals surface area contributed by atoms with E-state index in [1.54, 1.807) is 0 Å². The van der Waals surface area contributed by atoms with E-state index in [2.05, 4.69) is 129 Å². The van der Waals surface area contributed by atoms with Gasteiger partial charge in [-0.05, 0) is 60.0 Å². The molecular weight excluding hydrogens is 502 g/mol. The summed E-state index contributed by atoms with van der Waals surface area (Å²) in [6.07, 6.45) is 0. The van der Waals surface area contributed by atoms with Gasteiger partial charge in [-0.1, -0.05) is 72.8 Å². The van der Waals surface area contributed by atoms with Gasteiger partial charge in [-0.25, -0.2) is 4.85 Å². The van der Waals surface area contributed by atoms with Crippen molar-refractivity contribution in [1.29, 1.82) is 0 Å². The first-order valence-corrected chi connectivity index (χ1v) is 13.6. The maximum Gasteiger partial charge on any atom is 0.188 e. The summed E-state index contributed by atoms with van der Waals surface area (Å²) < 4.78 is 11.2. The molecule has 4 heteroatoms. The number of fused-ring (bicyclic) bond motifs is 9. The van der Waals surface area contributed by atoms with E-state index in [9.17, 15) is 0 Å². The molecule has 190 valence electrons. The number of para-hydroxylation sites is 4. The third-order valence-corrected chi connectivity index (χ3v) is 8.32. The number of hydrogen-bond acceptors (Lipinski definition) is 1. The molecule has 0 N–H and O–H groups in total. The molecule has 4 nitrogen and oxygen atoms in total. The minimum Gasteiger partial charge on any atom is -0.454 e. The van der Waals surface area contributed by atoms with Crippen molar-refractivity contribution in [3.05, 3.63) is 139 Å². The van der Waals surface area contributed by atoms with Crippen LogP contribution < -0.4 is 0 Å². The predicted octanol–water partition coefficient (Wildman–Crippen LogP) is 10.3. The molecule has 0 spiro atoms. The highest BCUT2D eigenvalue weighted by atomic mass is 16.3. The molecule has 0 fully saturated rings. The molecule has 3 aromatic heterocycles. The molecule has 9 aromatic rings. The third-order valence-electron chi connectivity index (χ3n) is 8.32. The van der Waals surface area contributed by atoms with Crippen LogP contribution in [0.25, 0.3) is 81.8 Å². The van der Waals surface area contributed by atoms with Gasteiger partial charge in [0.2, 0.25) is 0 Å². The zero-order valence-electron chi connectivity index (χ0n) is 21.9. The number of nitrogens with zero attached hydrogens (tertiary/aromatic N) is 3. The quantitative estimate of drug-likeness (QED) is 0.207. The van der Waals surface area contributed by atoms with Gasteiger partial charge in [0.15, 0.2) is 11.3 Å².